The third-order valence-electron chi connectivity index (χ3n) is 0.646. The molecule has 2 nitrogen and oxygen atoms in total. The van der Waals surface area contributed by atoms with Crippen LogP contribution in [0.3, 0.4) is 0 Å². The lowest BCUT2D eigenvalue weighted by molar-refractivity contribution is 0.409. The minimum atomic E-state index is 0.662. The van der Waals surface area contributed by atoms with E-state index in [0.29, 0.717) is 10.2 Å². The largest absolute Gasteiger partial charge is 0.473 e. The van der Waals surface area contributed by atoms with Crippen LogP contribution in [0.1, 0.15) is 0 Å². The fourth-order valence-electron chi connectivity index (χ4n) is 0.343. The van der Waals surface area contributed by atoms with Crippen molar-refractivity contribution in [3.63, 3.8) is 0 Å². The zero-order valence-corrected chi connectivity index (χ0v) is 6.00. The van der Waals surface area contributed by atoms with Crippen LogP contribution in [0.2, 0.25) is 0 Å². The normalized spacial score (nSPS) is 9.25. The first-order valence-electron chi connectivity index (χ1n) is 2.01. The molecule has 0 aliphatic rings. The van der Waals surface area contributed by atoms with E-state index in [0.717, 1.165) is 0 Å². The summed E-state index contributed by atoms with van der Waals surface area (Å²) in [6.45, 7) is 0. The SMILES string of the molecule is COc1nc(S)cs1. The van der Waals surface area contributed by atoms with Gasteiger partial charge in [0.25, 0.3) is 5.19 Å². The molecule has 0 unspecified atom stereocenters. The Balaban J connectivity index is 2.84. The van der Waals surface area contributed by atoms with E-state index in [1.165, 1.54) is 11.3 Å². The second-order valence-corrected chi connectivity index (χ2v) is 2.45. The van der Waals surface area contributed by atoms with Crippen LogP contribution < -0.4 is 4.74 Å². The standard InChI is InChI=1S/C4H5NOS2/c1-6-4-5-3(7)2-8-4/h2,7H,1H3. The number of thiazole rings is 1. The second-order valence-electron chi connectivity index (χ2n) is 1.18. The molecule has 1 aromatic heterocycles. The van der Waals surface area contributed by atoms with Gasteiger partial charge >= 0.3 is 0 Å². The number of nitrogens with zero attached hydrogens (tertiary/aromatic N) is 1. The van der Waals surface area contributed by atoms with Gasteiger partial charge in [0.15, 0.2) is 0 Å². The molecule has 0 aromatic carbocycles. The van der Waals surface area contributed by atoms with Crippen molar-refractivity contribution in [3.8, 4) is 5.19 Å². The maximum atomic E-state index is 4.79. The molecule has 1 rings (SSSR count). The van der Waals surface area contributed by atoms with Crippen molar-refractivity contribution < 1.29 is 4.74 Å². The van der Waals surface area contributed by atoms with Gasteiger partial charge in [-0.3, -0.25) is 0 Å². The van der Waals surface area contributed by atoms with Gasteiger partial charge in [0, 0.05) is 5.38 Å². The van der Waals surface area contributed by atoms with E-state index in [9.17, 15) is 0 Å². The summed E-state index contributed by atoms with van der Waals surface area (Å²) in [5, 5.41) is 3.20. The van der Waals surface area contributed by atoms with Gasteiger partial charge in [-0.1, -0.05) is 11.3 Å². The molecule has 1 aromatic rings. The Morgan fingerprint density at radius 1 is 1.88 bits per heavy atom. The third kappa shape index (κ3) is 1.14. The number of thiol groups is 1. The molecule has 0 amide bonds. The first-order valence-corrected chi connectivity index (χ1v) is 3.34. The zero-order valence-electron chi connectivity index (χ0n) is 4.29. The van der Waals surface area contributed by atoms with E-state index in [4.69, 9.17) is 4.74 Å². The fourth-order valence-corrected chi connectivity index (χ4v) is 1.17. The number of aromatic nitrogens is 1. The first kappa shape index (κ1) is 5.91. The molecule has 8 heavy (non-hydrogen) atoms. The Bertz CT molecular complexity index is 174. The van der Waals surface area contributed by atoms with E-state index in [1.807, 2.05) is 5.38 Å². The summed E-state index contributed by atoms with van der Waals surface area (Å²) in [7, 11) is 1.59. The lowest BCUT2D eigenvalue weighted by Crippen LogP contribution is -1.78. The third-order valence-corrected chi connectivity index (χ3v) is 1.85. The fraction of sp³-hybridized carbons (Fsp3) is 0.250. The van der Waals surface area contributed by atoms with Crippen molar-refractivity contribution >= 4 is 24.0 Å². The maximum absolute atomic E-state index is 4.79. The van der Waals surface area contributed by atoms with Gasteiger partial charge in [-0.2, -0.15) is 4.98 Å². The molecule has 0 radical (unpaired) electrons. The summed E-state index contributed by atoms with van der Waals surface area (Å²) >= 11 is 5.42. The molecular weight excluding hydrogens is 142 g/mol. The van der Waals surface area contributed by atoms with Crippen LogP contribution in [0.15, 0.2) is 10.4 Å². The number of ether oxygens (including phenoxy) is 1. The van der Waals surface area contributed by atoms with Gasteiger partial charge in [0.05, 0.1) is 7.11 Å². The van der Waals surface area contributed by atoms with Gasteiger partial charge in [-0.05, 0) is 0 Å². The number of methoxy groups -OCH3 is 1. The van der Waals surface area contributed by atoms with E-state index in [2.05, 4.69) is 17.6 Å². The Morgan fingerprint density at radius 2 is 2.62 bits per heavy atom. The highest BCUT2D eigenvalue weighted by Gasteiger charge is 1.93. The number of hydrogen-bond donors (Lipinski definition) is 1. The zero-order chi connectivity index (χ0) is 5.98. The van der Waals surface area contributed by atoms with Crippen molar-refractivity contribution in [1.29, 1.82) is 0 Å². The second kappa shape index (κ2) is 2.37. The first-order chi connectivity index (χ1) is 3.83. The van der Waals surface area contributed by atoms with Gasteiger partial charge in [0.1, 0.15) is 5.03 Å². The summed E-state index contributed by atoms with van der Waals surface area (Å²) in [6.07, 6.45) is 0. The molecular formula is C4H5NOS2. The molecule has 0 fully saturated rings. The summed E-state index contributed by atoms with van der Waals surface area (Å²) in [5.41, 5.74) is 0. The number of rotatable bonds is 1. The van der Waals surface area contributed by atoms with Crippen molar-refractivity contribution in [2.45, 2.75) is 5.03 Å². The molecule has 0 spiro atoms. The molecule has 0 saturated carbocycles. The summed E-state index contributed by atoms with van der Waals surface area (Å²) < 4.78 is 4.79. The summed E-state index contributed by atoms with van der Waals surface area (Å²) in [6, 6.07) is 0. The highest BCUT2D eigenvalue weighted by atomic mass is 32.1. The van der Waals surface area contributed by atoms with Crippen LogP contribution in [-0.2, 0) is 0 Å². The van der Waals surface area contributed by atoms with Crippen molar-refractivity contribution in [3.05, 3.63) is 5.38 Å². The predicted molar refractivity (Wildman–Crippen MR) is 35.9 cm³/mol. The minimum Gasteiger partial charge on any atom is -0.473 e. The van der Waals surface area contributed by atoms with Crippen LogP contribution in [-0.4, -0.2) is 12.1 Å². The predicted octanol–water partition coefficient (Wildman–Crippen LogP) is 1.44. The smallest absolute Gasteiger partial charge is 0.273 e. The molecule has 44 valence electrons. The molecule has 0 N–H and O–H groups in total. The van der Waals surface area contributed by atoms with Crippen LogP contribution in [0, 0.1) is 0 Å². The Morgan fingerprint density at radius 3 is 2.88 bits per heavy atom. The lowest BCUT2D eigenvalue weighted by atomic mass is 11.0. The Labute approximate surface area is 56.9 Å². The van der Waals surface area contributed by atoms with Crippen molar-refractivity contribution in [2.24, 2.45) is 0 Å². The van der Waals surface area contributed by atoms with Gasteiger partial charge in [0.2, 0.25) is 0 Å². The Hall–Kier alpha value is -0.220. The monoisotopic (exact) mass is 147 g/mol. The van der Waals surface area contributed by atoms with E-state index >= 15 is 0 Å². The van der Waals surface area contributed by atoms with E-state index < -0.39 is 0 Å². The van der Waals surface area contributed by atoms with Gasteiger partial charge < -0.3 is 4.74 Å². The van der Waals surface area contributed by atoms with Crippen LogP contribution in [0.5, 0.6) is 5.19 Å². The van der Waals surface area contributed by atoms with E-state index in [1.54, 1.807) is 7.11 Å². The highest BCUT2D eigenvalue weighted by Crippen LogP contribution is 2.18. The molecule has 0 aliphatic carbocycles. The molecule has 0 atom stereocenters. The summed E-state index contributed by atoms with van der Waals surface area (Å²) in [4.78, 5) is 3.89. The van der Waals surface area contributed by atoms with Crippen molar-refractivity contribution in [1.82, 2.24) is 4.98 Å². The highest BCUT2D eigenvalue weighted by molar-refractivity contribution is 7.80. The van der Waals surface area contributed by atoms with Gasteiger partial charge in [-0.15, -0.1) is 12.6 Å². The summed E-state index contributed by atoms with van der Waals surface area (Å²) in [5.74, 6) is 0. The van der Waals surface area contributed by atoms with Crippen LogP contribution in [0.25, 0.3) is 0 Å². The van der Waals surface area contributed by atoms with Crippen LogP contribution >= 0.6 is 24.0 Å². The van der Waals surface area contributed by atoms with Gasteiger partial charge in [-0.25, -0.2) is 0 Å². The molecule has 1 heterocycles. The average molecular weight is 147 g/mol. The lowest BCUT2D eigenvalue weighted by Gasteiger charge is -1.85. The molecule has 0 saturated heterocycles. The van der Waals surface area contributed by atoms with E-state index in [-0.39, 0.29) is 0 Å². The van der Waals surface area contributed by atoms with Crippen LogP contribution in [0.4, 0.5) is 0 Å². The Kier molecular flexibility index (Phi) is 1.75. The average Bonchev–Trinajstić information content (AvgIpc) is 2.14. The molecule has 0 bridgehead atoms. The van der Waals surface area contributed by atoms with Crippen molar-refractivity contribution in [2.75, 3.05) is 7.11 Å². The molecule has 0 aliphatic heterocycles. The maximum Gasteiger partial charge on any atom is 0.273 e. The molecule has 4 heteroatoms. The topological polar surface area (TPSA) is 22.1 Å². The minimum absolute atomic E-state index is 0.662. The number of hydrogen-bond acceptors (Lipinski definition) is 4. The quantitative estimate of drug-likeness (QED) is 0.607.